The Morgan fingerprint density at radius 2 is 2.12 bits per heavy atom. The van der Waals surface area contributed by atoms with Crippen LogP contribution in [0, 0.1) is 13.8 Å². The van der Waals surface area contributed by atoms with E-state index in [1.54, 1.807) is 6.92 Å². The van der Waals surface area contributed by atoms with Crippen molar-refractivity contribution in [2.45, 2.75) is 40.2 Å². The number of rotatable bonds is 5. The quantitative estimate of drug-likeness (QED) is 0.852. The molecule has 0 aliphatic carbocycles. The zero-order valence-electron chi connectivity index (χ0n) is 11.0. The molecule has 0 saturated carbocycles. The highest BCUT2D eigenvalue weighted by Gasteiger charge is 2.14. The van der Waals surface area contributed by atoms with Gasteiger partial charge in [-0.2, -0.15) is 0 Å². The van der Waals surface area contributed by atoms with E-state index >= 15 is 0 Å². The number of aryl methyl sites for hydroxylation is 2. The number of ether oxygens (including phenoxy) is 1. The second-order valence-corrected chi connectivity index (χ2v) is 4.32. The number of hydrogen-bond acceptors (Lipinski definition) is 2. The molecule has 0 spiro atoms. The van der Waals surface area contributed by atoms with E-state index in [0.717, 1.165) is 23.3 Å². The van der Waals surface area contributed by atoms with Crippen LogP contribution in [0.25, 0.3) is 0 Å². The van der Waals surface area contributed by atoms with Crippen LogP contribution in [0.2, 0.25) is 0 Å². The van der Waals surface area contributed by atoms with Crippen molar-refractivity contribution in [3.8, 4) is 5.75 Å². The normalized spacial score (nSPS) is 12.0. The predicted molar refractivity (Wildman–Crippen MR) is 69.3 cm³/mol. The molecular formula is C14H21NO2. The molecule has 1 rings (SSSR count). The first-order valence-corrected chi connectivity index (χ1v) is 6.06. The molecule has 1 atom stereocenters. The Kier molecular flexibility index (Phi) is 5.01. The Morgan fingerprint density at radius 1 is 1.41 bits per heavy atom. The van der Waals surface area contributed by atoms with Crippen LogP contribution < -0.4 is 10.1 Å². The van der Waals surface area contributed by atoms with E-state index in [1.165, 1.54) is 0 Å². The third-order valence-electron chi connectivity index (χ3n) is 2.57. The molecule has 94 valence electrons. The maximum absolute atomic E-state index is 11.7. The summed E-state index contributed by atoms with van der Waals surface area (Å²) < 4.78 is 5.67. The Morgan fingerprint density at radius 3 is 2.76 bits per heavy atom. The van der Waals surface area contributed by atoms with Gasteiger partial charge in [-0.25, -0.2) is 0 Å². The van der Waals surface area contributed by atoms with E-state index in [0.29, 0.717) is 6.54 Å². The predicted octanol–water partition coefficient (Wildman–Crippen LogP) is 2.60. The number of carbonyl (C=O) groups excluding carboxylic acids is 1. The van der Waals surface area contributed by atoms with Crippen molar-refractivity contribution < 1.29 is 9.53 Å². The molecule has 1 aromatic carbocycles. The minimum atomic E-state index is -0.456. The van der Waals surface area contributed by atoms with Gasteiger partial charge in [0.2, 0.25) is 0 Å². The zero-order valence-corrected chi connectivity index (χ0v) is 11.0. The Labute approximate surface area is 103 Å². The van der Waals surface area contributed by atoms with Crippen molar-refractivity contribution in [1.29, 1.82) is 0 Å². The number of carbonyl (C=O) groups is 1. The minimum absolute atomic E-state index is 0.0623. The van der Waals surface area contributed by atoms with Gasteiger partial charge in [0.25, 0.3) is 5.91 Å². The Balaban J connectivity index is 2.64. The summed E-state index contributed by atoms with van der Waals surface area (Å²) in [6.45, 7) is 8.47. The Bertz CT molecular complexity index is 388. The topological polar surface area (TPSA) is 38.3 Å². The third kappa shape index (κ3) is 4.10. The summed E-state index contributed by atoms with van der Waals surface area (Å²) in [6, 6.07) is 5.99. The lowest BCUT2D eigenvalue weighted by molar-refractivity contribution is -0.127. The molecule has 0 aliphatic rings. The smallest absolute Gasteiger partial charge is 0.260 e. The molecule has 0 heterocycles. The monoisotopic (exact) mass is 235 g/mol. The molecule has 0 unspecified atom stereocenters. The lowest BCUT2D eigenvalue weighted by Crippen LogP contribution is -2.36. The first-order chi connectivity index (χ1) is 8.04. The molecule has 3 heteroatoms. The SMILES string of the molecule is CCCNC(=O)[C@@H](C)Oc1cc(C)ccc1C. The molecule has 0 aliphatic heterocycles. The second-order valence-electron chi connectivity index (χ2n) is 4.32. The van der Waals surface area contributed by atoms with E-state index in [-0.39, 0.29) is 5.91 Å². The van der Waals surface area contributed by atoms with Crippen LogP contribution >= 0.6 is 0 Å². The molecule has 0 saturated heterocycles. The minimum Gasteiger partial charge on any atom is -0.481 e. The van der Waals surface area contributed by atoms with Gasteiger partial charge in [0, 0.05) is 6.54 Å². The lowest BCUT2D eigenvalue weighted by Gasteiger charge is -2.16. The maximum Gasteiger partial charge on any atom is 0.260 e. The molecule has 0 bridgehead atoms. The van der Waals surface area contributed by atoms with Gasteiger partial charge >= 0.3 is 0 Å². The number of hydrogen-bond donors (Lipinski definition) is 1. The highest BCUT2D eigenvalue weighted by atomic mass is 16.5. The van der Waals surface area contributed by atoms with Crippen LogP contribution in [0.1, 0.15) is 31.4 Å². The Hall–Kier alpha value is -1.51. The van der Waals surface area contributed by atoms with E-state index in [4.69, 9.17) is 4.74 Å². The van der Waals surface area contributed by atoms with Gasteiger partial charge in [-0.1, -0.05) is 19.1 Å². The van der Waals surface area contributed by atoms with Crippen LogP contribution in [0.5, 0.6) is 5.75 Å². The molecule has 3 nitrogen and oxygen atoms in total. The molecule has 0 aromatic heterocycles. The summed E-state index contributed by atoms with van der Waals surface area (Å²) >= 11 is 0. The van der Waals surface area contributed by atoms with Crippen LogP contribution in [0.3, 0.4) is 0 Å². The number of amides is 1. The van der Waals surface area contributed by atoms with Crippen LogP contribution in [-0.4, -0.2) is 18.6 Å². The van der Waals surface area contributed by atoms with Crippen molar-refractivity contribution >= 4 is 5.91 Å². The van der Waals surface area contributed by atoms with E-state index in [1.807, 2.05) is 39.0 Å². The van der Waals surface area contributed by atoms with Gasteiger partial charge in [-0.05, 0) is 44.4 Å². The van der Waals surface area contributed by atoms with Gasteiger partial charge in [-0.15, -0.1) is 0 Å². The third-order valence-corrected chi connectivity index (χ3v) is 2.57. The fourth-order valence-electron chi connectivity index (χ4n) is 1.47. The fraction of sp³-hybridized carbons (Fsp3) is 0.500. The molecule has 1 amide bonds. The lowest BCUT2D eigenvalue weighted by atomic mass is 10.1. The van der Waals surface area contributed by atoms with E-state index in [9.17, 15) is 4.79 Å². The fourth-order valence-corrected chi connectivity index (χ4v) is 1.47. The van der Waals surface area contributed by atoms with Crippen molar-refractivity contribution in [3.63, 3.8) is 0 Å². The average Bonchev–Trinajstić information content (AvgIpc) is 2.30. The van der Waals surface area contributed by atoms with Gasteiger partial charge < -0.3 is 10.1 Å². The van der Waals surface area contributed by atoms with E-state index < -0.39 is 6.10 Å². The molecule has 1 aromatic rings. The van der Waals surface area contributed by atoms with Gasteiger partial charge in [-0.3, -0.25) is 4.79 Å². The zero-order chi connectivity index (χ0) is 12.8. The molecule has 0 fully saturated rings. The molecule has 1 N–H and O–H groups in total. The summed E-state index contributed by atoms with van der Waals surface area (Å²) in [5.74, 6) is 0.719. The summed E-state index contributed by atoms with van der Waals surface area (Å²) in [7, 11) is 0. The largest absolute Gasteiger partial charge is 0.481 e. The van der Waals surface area contributed by atoms with Gasteiger partial charge in [0.05, 0.1) is 0 Å². The van der Waals surface area contributed by atoms with Crippen molar-refractivity contribution in [3.05, 3.63) is 29.3 Å². The number of nitrogens with one attached hydrogen (secondary N) is 1. The van der Waals surface area contributed by atoms with Crippen molar-refractivity contribution in [2.24, 2.45) is 0 Å². The summed E-state index contributed by atoms with van der Waals surface area (Å²) in [4.78, 5) is 11.7. The van der Waals surface area contributed by atoms with Crippen LogP contribution in [0.4, 0.5) is 0 Å². The highest BCUT2D eigenvalue weighted by Crippen LogP contribution is 2.20. The first-order valence-electron chi connectivity index (χ1n) is 6.06. The average molecular weight is 235 g/mol. The molecular weight excluding hydrogens is 214 g/mol. The molecule has 17 heavy (non-hydrogen) atoms. The van der Waals surface area contributed by atoms with Crippen molar-refractivity contribution in [1.82, 2.24) is 5.32 Å². The molecule has 0 radical (unpaired) electrons. The summed E-state index contributed by atoms with van der Waals surface area (Å²) in [5.41, 5.74) is 2.18. The van der Waals surface area contributed by atoms with Crippen LogP contribution in [0.15, 0.2) is 18.2 Å². The first kappa shape index (κ1) is 13.6. The summed E-state index contributed by atoms with van der Waals surface area (Å²) in [5, 5.41) is 2.82. The second kappa shape index (κ2) is 6.28. The van der Waals surface area contributed by atoms with Gasteiger partial charge in [0.15, 0.2) is 6.10 Å². The standard InChI is InChI=1S/C14H21NO2/c1-5-8-15-14(16)12(4)17-13-9-10(2)6-7-11(13)3/h6-7,9,12H,5,8H2,1-4H3,(H,15,16)/t12-/m1/s1. The van der Waals surface area contributed by atoms with Gasteiger partial charge in [0.1, 0.15) is 5.75 Å². The van der Waals surface area contributed by atoms with E-state index in [2.05, 4.69) is 5.32 Å². The maximum atomic E-state index is 11.7. The highest BCUT2D eigenvalue weighted by molar-refractivity contribution is 5.80. The van der Waals surface area contributed by atoms with Crippen LogP contribution in [-0.2, 0) is 4.79 Å². The number of benzene rings is 1. The summed E-state index contributed by atoms with van der Waals surface area (Å²) in [6.07, 6.45) is 0.476. The van der Waals surface area contributed by atoms with Crippen molar-refractivity contribution in [2.75, 3.05) is 6.54 Å².